The number of nitrogens with one attached hydrogen (secondary N) is 1. The number of nitro groups is 2. The van der Waals surface area contributed by atoms with Crippen LogP contribution in [0.5, 0.6) is 11.5 Å². The molecule has 0 aliphatic carbocycles. The molecule has 1 N–H and O–H groups in total. The van der Waals surface area contributed by atoms with Crippen molar-refractivity contribution in [2.75, 3.05) is 5.32 Å². The zero-order chi connectivity index (χ0) is 21.8. The van der Waals surface area contributed by atoms with E-state index >= 15 is 0 Å². The first-order chi connectivity index (χ1) is 14.2. The van der Waals surface area contributed by atoms with E-state index < -0.39 is 15.8 Å². The molecule has 0 saturated heterocycles. The summed E-state index contributed by atoms with van der Waals surface area (Å²) in [6.07, 6.45) is 0. The molecular weight excluding hydrogens is 394 g/mol. The van der Waals surface area contributed by atoms with Gasteiger partial charge in [-0.1, -0.05) is 17.7 Å². The molecule has 0 aliphatic rings. The van der Waals surface area contributed by atoms with Crippen LogP contribution in [0, 0.1) is 34.1 Å². The quantitative estimate of drug-likeness (QED) is 0.461. The minimum Gasteiger partial charge on any atom is -0.457 e. The van der Waals surface area contributed by atoms with Crippen LogP contribution in [0.15, 0.2) is 48.5 Å². The molecule has 0 radical (unpaired) electrons. The maximum absolute atomic E-state index is 12.3. The van der Waals surface area contributed by atoms with Gasteiger partial charge < -0.3 is 20.2 Å². The van der Waals surface area contributed by atoms with Crippen LogP contribution in [0.3, 0.4) is 0 Å². The van der Waals surface area contributed by atoms with E-state index in [1.54, 1.807) is 19.1 Å². The number of non-ortho nitro benzene ring substituents is 1. The smallest absolute Gasteiger partial charge is 0.390 e. The molecule has 0 aliphatic heterocycles. The summed E-state index contributed by atoms with van der Waals surface area (Å²) in [7, 11) is 0. The first-order valence-electron chi connectivity index (χ1n) is 8.74. The van der Waals surface area contributed by atoms with Crippen molar-refractivity contribution in [3.05, 3.63) is 80.0 Å². The normalized spacial score (nSPS) is 10.5. The van der Waals surface area contributed by atoms with Gasteiger partial charge in [0, 0.05) is 12.1 Å². The van der Waals surface area contributed by atoms with Gasteiger partial charge in [0.2, 0.25) is 5.91 Å². The number of ether oxygens (including phenoxy) is 1. The highest BCUT2D eigenvalue weighted by Gasteiger charge is 2.18. The van der Waals surface area contributed by atoms with Gasteiger partial charge in [0.15, 0.2) is 0 Å². The van der Waals surface area contributed by atoms with Gasteiger partial charge in [0.05, 0.1) is 33.5 Å². The van der Waals surface area contributed by atoms with Crippen LogP contribution < -0.4 is 10.1 Å². The molecule has 0 unspecified atom stereocenters. The van der Waals surface area contributed by atoms with E-state index in [2.05, 4.69) is 10.4 Å². The minimum atomic E-state index is -0.656. The second-order valence-corrected chi connectivity index (χ2v) is 6.49. The molecular formula is C19H17N5O6. The Morgan fingerprint density at radius 3 is 2.33 bits per heavy atom. The Kier molecular flexibility index (Phi) is 5.72. The molecule has 0 bridgehead atoms. The first kappa shape index (κ1) is 20.5. The van der Waals surface area contributed by atoms with Gasteiger partial charge in [0.1, 0.15) is 18.0 Å². The zero-order valence-corrected chi connectivity index (χ0v) is 16.1. The molecule has 0 spiro atoms. The molecule has 154 valence electrons. The third-order valence-electron chi connectivity index (χ3n) is 4.09. The highest BCUT2D eigenvalue weighted by atomic mass is 16.6. The van der Waals surface area contributed by atoms with Gasteiger partial charge in [0.25, 0.3) is 5.69 Å². The van der Waals surface area contributed by atoms with Gasteiger partial charge in [-0.2, -0.15) is 4.68 Å². The lowest BCUT2D eigenvalue weighted by molar-refractivity contribution is -0.389. The Labute approximate surface area is 170 Å². The van der Waals surface area contributed by atoms with Crippen molar-refractivity contribution in [3.8, 4) is 11.5 Å². The summed E-state index contributed by atoms with van der Waals surface area (Å²) in [5.41, 5.74) is 1.35. The van der Waals surface area contributed by atoms with Crippen LogP contribution >= 0.6 is 0 Å². The molecule has 0 atom stereocenters. The van der Waals surface area contributed by atoms with Crippen molar-refractivity contribution < 1.29 is 19.4 Å². The number of carbonyl (C=O) groups excluding carboxylic acids is 1. The zero-order valence-electron chi connectivity index (χ0n) is 16.1. The SMILES string of the molecule is Cc1ccc(Oc2cc(NC(=O)Cn3nc([N+](=O)[O-])cc3C)cc([N+](=O)[O-])c2)cc1. The Balaban J connectivity index is 1.79. The predicted molar refractivity (Wildman–Crippen MR) is 107 cm³/mol. The van der Waals surface area contributed by atoms with Crippen molar-refractivity contribution >= 4 is 23.1 Å². The Bertz CT molecular complexity index is 1120. The van der Waals surface area contributed by atoms with Crippen LogP contribution in [0.4, 0.5) is 17.2 Å². The van der Waals surface area contributed by atoms with Gasteiger partial charge in [-0.05, 0) is 30.9 Å². The second kappa shape index (κ2) is 8.39. The third-order valence-corrected chi connectivity index (χ3v) is 4.09. The fourth-order valence-corrected chi connectivity index (χ4v) is 2.64. The van der Waals surface area contributed by atoms with Gasteiger partial charge in [-0.3, -0.25) is 14.9 Å². The lowest BCUT2D eigenvalue weighted by atomic mass is 10.2. The average molecular weight is 411 g/mol. The Hall–Kier alpha value is -4.28. The lowest BCUT2D eigenvalue weighted by Gasteiger charge is -2.09. The number of anilines is 1. The van der Waals surface area contributed by atoms with Gasteiger partial charge in [-0.25, -0.2) is 0 Å². The molecule has 11 heteroatoms. The van der Waals surface area contributed by atoms with E-state index in [4.69, 9.17) is 4.74 Å². The molecule has 1 aromatic heterocycles. The third kappa shape index (κ3) is 4.95. The number of benzene rings is 2. The van der Waals surface area contributed by atoms with Crippen LogP contribution in [0.25, 0.3) is 0 Å². The average Bonchev–Trinajstić information content (AvgIpc) is 3.04. The standard InChI is InChI=1S/C19H17N5O6/c1-12-3-5-16(6-4-12)30-17-9-14(8-15(10-17)23(26)27)20-19(25)11-22-13(2)7-18(21-22)24(28)29/h3-10H,11H2,1-2H3,(H,20,25). The van der Waals surface area contributed by atoms with E-state index in [-0.39, 0.29) is 29.5 Å². The number of amides is 1. The summed E-state index contributed by atoms with van der Waals surface area (Å²) in [5, 5.41) is 28.3. The molecule has 1 amide bonds. The van der Waals surface area contributed by atoms with E-state index in [0.717, 1.165) is 5.56 Å². The number of nitro benzene ring substituents is 1. The fraction of sp³-hybridized carbons (Fsp3) is 0.158. The van der Waals surface area contributed by atoms with E-state index in [9.17, 15) is 25.0 Å². The van der Waals surface area contributed by atoms with Crippen LogP contribution in [0.2, 0.25) is 0 Å². The summed E-state index contributed by atoms with van der Waals surface area (Å²) in [6.45, 7) is 3.20. The van der Waals surface area contributed by atoms with E-state index in [0.29, 0.717) is 11.4 Å². The number of aromatic nitrogens is 2. The maximum atomic E-state index is 12.3. The minimum absolute atomic E-state index is 0.149. The number of hydrogen-bond acceptors (Lipinski definition) is 7. The number of carbonyl (C=O) groups is 1. The second-order valence-electron chi connectivity index (χ2n) is 6.49. The highest BCUT2D eigenvalue weighted by molar-refractivity contribution is 5.91. The first-order valence-corrected chi connectivity index (χ1v) is 8.74. The summed E-state index contributed by atoms with van der Waals surface area (Å²) < 4.78 is 6.84. The monoisotopic (exact) mass is 411 g/mol. The Morgan fingerprint density at radius 2 is 1.73 bits per heavy atom. The highest BCUT2D eigenvalue weighted by Crippen LogP contribution is 2.30. The van der Waals surface area contributed by atoms with Crippen LogP contribution in [-0.2, 0) is 11.3 Å². The van der Waals surface area contributed by atoms with Gasteiger partial charge >= 0.3 is 5.82 Å². The molecule has 0 saturated carbocycles. The van der Waals surface area contributed by atoms with Crippen LogP contribution in [0.1, 0.15) is 11.3 Å². The number of nitrogens with zero attached hydrogens (tertiary/aromatic N) is 4. The summed E-state index contributed by atoms with van der Waals surface area (Å²) >= 11 is 0. The van der Waals surface area contributed by atoms with Crippen molar-refractivity contribution in [1.82, 2.24) is 9.78 Å². The van der Waals surface area contributed by atoms with Crippen molar-refractivity contribution in [3.63, 3.8) is 0 Å². The van der Waals surface area contributed by atoms with Crippen molar-refractivity contribution in [2.24, 2.45) is 0 Å². The van der Waals surface area contributed by atoms with Crippen molar-refractivity contribution in [2.45, 2.75) is 20.4 Å². The van der Waals surface area contributed by atoms with E-state index in [1.165, 1.54) is 28.9 Å². The molecule has 3 aromatic rings. The van der Waals surface area contributed by atoms with Gasteiger partial charge in [-0.15, -0.1) is 0 Å². The Morgan fingerprint density at radius 1 is 1.03 bits per heavy atom. The molecule has 3 rings (SSSR count). The lowest BCUT2D eigenvalue weighted by Crippen LogP contribution is -2.20. The summed E-state index contributed by atoms with van der Waals surface area (Å²) in [6, 6.07) is 12.2. The predicted octanol–water partition coefficient (Wildman–Crippen LogP) is 3.75. The summed E-state index contributed by atoms with van der Waals surface area (Å²) in [4.78, 5) is 33.1. The number of aryl methyl sites for hydroxylation is 2. The number of hydrogen-bond donors (Lipinski definition) is 1. The van der Waals surface area contributed by atoms with E-state index in [1.807, 2.05) is 19.1 Å². The van der Waals surface area contributed by atoms with Crippen molar-refractivity contribution in [1.29, 1.82) is 0 Å². The molecule has 11 nitrogen and oxygen atoms in total. The fourth-order valence-electron chi connectivity index (χ4n) is 2.64. The number of rotatable bonds is 7. The largest absolute Gasteiger partial charge is 0.457 e. The molecule has 1 heterocycles. The van der Waals surface area contributed by atoms with Crippen LogP contribution in [-0.4, -0.2) is 25.5 Å². The molecule has 30 heavy (non-hydrogen) atoms. The summed E-state index contributed by atoms with van der Waals surface area (Å²) in [5.74, 6) is -0.269. The topological polar surface area (TPSA) is 142 Å². The molecule has 2 aromatic carbocycles. The molecule has 0 fully saturated rings. The maximum Gasteiger partial charge on any atom is 0.390 e.